The lowest BCUT2D eigenvalue weighted by Gasteiger charge is -2.13. The van der Waals surface area contributed by atoms with Crippen molar-refractivity contribution in [3.8, 4) is 22.5 Å². The Morgan fingerprint density at radius 2 is 0.800 bits per heavy atom. The third-order valence-corrected chi connectivity index (χ3v) is 12.8. The van der Waals surface area contributed by atoms with Gasteiger partial charge in [0.05, 0.1) is 33.8 Å². The number of pyridine rings is 2. The van der Waals surface area contributed by atoms with Crippen molar-refractivity contribution < 1.29 is 0 Å². The third kappa shape index (κ3) is 9.69. The zero-order valence-corrected chi connectivity index (χ0v) is 38.5. The highest BCUT2D eigenvalue weighted by molar-refractivity contribution is 6.31. The van der Waals surface area contributed by atoms with Crippen molar-refractivity contribution in [3.63, 3.8) is 0 Å². The predicted octanol–water partition coefficient (Wildman–Crippen LogP) is 14.3. The summed E-state index contributed by atoms with van der Waals surface area (Å²) in [4.78, 5) is 10.6. The fourth-order valence-corrected chi connectivity index (χ4v) is 9.45. The lowest BCUT2D eigenvalue weighted by molar-refractivity contribution is 0.559. The molecule has 0 bridgehead atoms. The first-order chi connectivity index (χ1) is 31.6. The summed E-state index contributed by atoms with van der Waals surface area (Å²) in [5.74, 6) is 0. The van der Waals surface area contributed by atoms with Crippen LogP contribution in [0.1, 0.15) is 48.2 Å². The quantitative estimate of drug-likeness (QED) is 0.0894. The maximum Gasteiger partial charge on any atom is 0.0949 e. The molecule has 0 atom stereocenters. The Bertz CT molecular complexity index is 2960. The van der Waals surface area contributed by atoms with Gasteiger partial charge in [-0.25, -0.2) is 9.97 Å². The number of hydrogen-bond acceptors (Lipinski definition) is 4. The van der Waals surface area contributed by atoms with Gasteiger partial charge in [0.25, 0.3) is 0 Å². The molecular weight excluding hydrogens is 863 g/mol. The van der Waals surface area contributed by atoms with Crippen LogP contribution >= 0.6 is 35.6 Å². The summed E-state index contributed by atoms with van der Waals surface area (Å²) in [6.45, 7) is 4.82. The van der Waals surface area contributed by atoms with E-state index in [0.29, 0.717) is 13.1 Å². The molecule has 0 saturated heterocycles. The Kier molecular flexibility index (Phi) is 13.9. The maximum atomic E-state index is 6.36. The second kappa shape index (κ2) is 20.5. The molecule has 326 valence electrons. The van der Waals surface area contributed by atoms with Crippen LogP contribution in [0.5, 0.6) is 0 Å². The molecule has 0 aliphatic carbocycles. The van der Waals surface area contributed by atoms with Gasteiger partial charge >= 0.3 is 0 Å². The maximum absolute atomic E-state index is 6.36. The lowest BCUT2D eigenvalue weighted by atomic mass is 10.1. The van der Waals surface area contributed by atoms with Gasteiger partial charge in [-0.3, -0.25) is 0 Å². The fourth-order valence-electron chi connectivity index (χ4n) is 9.20. The number of hydrogen-bond donors (Lipinski definition) is 2. The van der Waals surface area contributed by atoms with E-state index < -0.39 is 0 Å². The van der Waals surface area contributed by atoms with E-state index >= 15 is 0 Å². The van der Waals surface area contributed by atoms with Gasteiger partial charge in [0, 0.05) is 79.9 Å². The number of halogens is 3. The molecule has 0 unspecified atom stereocenters. The van der Waals surface area contributed by atoms with E-state index in [2.05, 4.69) is 165 Å². The molecule has 4 heterocycles. The van der Waals surface area contributed by atoms with Gasteiger partial charge in [0.2, 0.25) is 0 Å². The molecule has 2 N–H and O–H groups in total. The number of rotatable bonds is 17. The molecule has 0 radical (unpaired) electrons. The van der Waals surface area contributed by atoms with Crippen molar-refractivity contribution in [2.24, 2.45) is 0 Å². The third-order valence-electron chi connectivity index (χ3n) is 12.3. The number of fused-ring (bicyclic) bond motifs is 6. The molecule has 10 aromatic rings. The Hall–Kier alpha value is -5.99. The average molecular weight is 914 g/mol. The average Bonchev–Trinajstić information content (AvgIpc) is 3.82. The minimum absolute atomic E-state index is 0. The zero-order valence-electron chi connectivity index (χ0n) is 36.2. The van der Waals surface area contributed by atoms with Crippen molar-refractivity contribution in [1.82, 2.24) is 29.7 Å². The molecule has 0 saturated carbocycles. The van der Waals surface area contributed by atoms with Crippen molar-refractivity contribution in [1.29, 1.82) is 0 Å². The number of nitrogens with one attached hydrogen (secondary N) is 2. The normalized spacial score (nSPS) is 11.5. The van der Waals surface area contributed by atoms with E-state index in [1.54, 1.807) is 0 Å². The molecule has 4 aromatic heterocycles. The highest BCUT2D eigenvalue weighted by Crippen LogP contribution is 2.38. The van der Waals surface area contributed by atoms with E-state index in [9.17, 15) is 0 Å². The van der Waals surface area contributed by atoms with Crippen LogP contribution in [0.25, 0.3) is 66.1 Å². The Morgan fingerprint density at radius 1 is 0.415 bits per heavy atom. The fraction of sp³-hybridized carbons (Fsp3) is 0.179. The van der Waals surface area contributed by atoms with E-state index in [-0.39, 0.29) is 12.4 Å². The van der Waals surface area contributed by atoms with Gasteiger partial charge in [0.15, 0.2) is 0 Å². The van der Waals surface area contributed by atoms with Crippen LogP contribution in [0.2, 0.25) is 10.0 Å². The summed E-state index contributed by atoms with van der Waals surface area (Å²) in [7, 11) is 0. The van der Waals surface area contributed by atoms with Gasteiger partial charge in [-0.1, -0.05) is 157 Å². The van der Waals surface area contributed by atoms with Crippen molar-refractivity contribution in [3.05, 3.63) is 202 Å². The summed E-state index contributed by atoms with van der Waals surface area (Å²) < 4.78 is 4.84. The second-order valence-corrected chi connectivity index (χ2v) is 17.5. The first-order valence-corrected chi connectivity index (χ1v) is 23.2. The Labute approximate surface area is 396 Å². The Balaban J connectivity index is 0.00000533. The number of nitrogens with zero attached hydrogens (tertiary/aromatic N) is 4. The SMILES string of the molecule is Cl.Clc1ccc(-c2nc(CNCCCCCCNCc3cc4c5ccccc5n(Cc5ccccc5)c4c(-c4ccc(Cl)cc4)n3)cc3c4ccccc4n(Cc4ccccc4)c23)cc1. The van der Waals surface area contributed by atoms with E-state index in [4.69, 9.17) is 33.2 Å². The molecular formula is C56H51Cl3N6. The van der Waals surface area contributed by atoms with Gasteiger partial charge in [-0.2, -0.15) is 0 Å². The van der Waals surface area contributed by atoms with Gasteiger partial charge < -0.3 is 19.8 Å². The smallest absolute Gasteiger partial charge is 0.0949 e. The highest BCUT2D eigenvalue weighted by Gasteiger charge is 2.20. The number of aromatic nitrogens is 4. The highest BCUT2D eigenvalue weighted by atomic mass is 35.5. The summed E-state index contributed by atoms with van der Waals surface area (Å²) >= 11 is 12.7. The molecule has 0 fully saturated rings. The van der Waals surface area contributed by atoms with Gasteiger partial charge in [-0.15, -0.1) is 12.4 Å². The van der Waals surface area contributed by atoms with Crippen molar-refractivity contribution >= 4 is 79.2 Å². The standard InChI is InChI=1S/C56H50Cl2N6.ClH/c57-43-27-23-41(24-28-43)53-55-49(47-19-9-11-21-51(47)63(55)37-39-15-5-3-6-16-39)33-45(61-53)35-59-31-13-1-2-14-32-60-36-46-34-50-48-20-10-12-22-52(48)64(38-40-17-7-4-8-18-40)56(50)54(62-46)42-25-29-44(58)30-26-42;/h3-12,15-30,33-34,59-60H,1-2,13-14,31-32,35-38H2;1H. The van der Waals surface area contributed by atoms with Crippen LogP contribution in [-0.2, 0) is 26.2 Å². The summed E-state index contributed by atoms with van der Waals surface area (Å²) in [5.41, 5.74) is 13.4. The van der Waals surface area contributed by atoms with Gasteiger partial charge in [-0.05, 0) is 85.6 Å². The van der Waals surface area contributed by atoms with Crippen LogP contribution in [0.3, 0.4) is 0 Å². The minimum Gasteiger partial charge on any atom is -0.334 e. The largest absolute Gasteiger partial charge is 0.334 e. The number of benzene rings is 6. The van der Waals surface area contributed by atoms with E-state index in [0.717, 1.165) is 107 Å². The minimum atomic E-state index is 0. The number of unbranched alkanes of at least 4 members (excludes halogenated alkanes) is 3. The molecule has 0 amide bonds. The van der Waals surface area contributed by atoms with Crippen molar-refractivity contribution in [2.75, 3.05) is 13.1 Å². The first-order valence-electron chi connectivity index (χ1n) is 22.4. The summed E-state index contributed by atoms with van der Waals surface area (Å²) in [6, 6.07) is 59.5. The molecule has 65 heavy (non-hydrogen) atoms. The van der Waals surface area contributed by atoms with Crippen LogP contribution in [0.4, 0.5) is 0 Å². The molecule has 9 heteroatoms. The molecule has 6 aromatic carbocycles. The first kappa shape index (κ1) is 44.2. The molecule has 0 aliphatic rings. The molecule has 10 rings (SSSR count). The van der Waals surface area contributed by atoms with Crippen LogP contribution in [0.15, 0.2) is 170 Å². The monoisotopic (exact) mass is 912 g/mol. The summed E-state index contributed by atoms with van der Waals surface area (Å²) in [6.07, 6.45) is 4.54. The molecule has 0 aliphatic heterocycles. The van der Waals surface area contributed by atoms with Gasteiger partial charge in [0.1, 0.15) is 0 Å². The van der Waals surface area contributed by atoms with E-state index in [1.165, 1.54) is 43.7 Å². The zero-order chi connectivity index (χ0) is 43.2. The topological polar surface area (TPSA) is 59.7 Å². The number of para-hydroxylation sites is 2. The van der Waals surface area contributed by atoms with Crippen LogP contribution < -0.4 is 10.6 Å². The predicted molar refractivity (Wildman–Crippen MR) is 276 cm³/mol. The van der Waals surface area contributed by atoms with Crippen LogP contribution in [-0.4, -0.2) is 32.2 Å². The van der Waals surface area contributed by atoms with Crippen molar-refractivity contribution in [2.45, 2.75) is 51.9 Å². The lowest BCUT2D eigenvalue weighted by Crippen LogP contribution is -2.17. The summed E-state index contributed by atoms with van der Waals surface area (Å²) in [5, 5.41) is 13.8. The van der Waals surface area contributed by atoms with E-state index in [1.807, 2.05) is 24.3 Å². The second-order valence-electron chi connectivity index (χ2n) is 16.7. The molecule has 6 nitrogen and oxygen atoms in total. The molecule has 0 spiro atoms. The van der Waals surface area contributed by atoms with Crippen LogP contribution in [0, 0.1) is 0 Å². The Morgan fingerprint density at radius 3 is 1.22 bits per heavy atom.